The Morgan fingerprint density at radius 2 is 1.81 bits per heavy atom. The van der Waals surface area contributed by atoms with Gasteiger partial charge in [-0.15, -0.1) is 28.1 Å². The Morgan fingerprint density at radius 1 is 1.11 bits per heavy atom. The maximum atomic E-state index is 12.8. The van der Waals surface area contributed by atoms with E-state index in [1.54, 1.807) is 26.8 Å². The Balaban J connectivity index is 1.72. The molecule has 10 nitrogen and oxygen atoms in total. The largest absolute Gasteiger partial charge is 0.486 e. The van der Waals surface area contributed by atoms with Crippen molar-refractivity contribution >= 4 is 45.9 Å². The molecule has 0 aliphatic heterocycles. The van der Waals surface area contributed by atoms with Crippen LogP contribution in [0, 0.1) is 6.92 Å². The van der Waals surface area contributed by atoms with Gasteiger partial charge in [-0.05, 0) is 38.5 Å². The second kappa shape index (κ2) is 13.6. The number of carbonyl (C=O) groups excluding carboxylic acids is 3. The number of nitrogens with zero attached hydrogens (tertiary/aromatic N) is 3. The van der Waals surface area contributed by atoms with Crippen molar-refractivity contribution in [2.75, 3.05) is 24.3 Å². The normalized spacial score (nSPS) is 10.6. The molecule has 0 fully saturated rings. The highest BCUT2D eigenvalue weighted by atomic mass is 32.2. The van der Waals surface area contributed by atoms with Gasteiger partial charge in [-0.3, -0.25) is 9.36 Å². The Kier molecular flexibility index (Phi) is 10.3. The van der Waals surface area contributed by atoms with E-state index in [2.05, 4.69) is 22.1 Å². The highest BCUT2D eigenvalue weighted by molar-refractivity contribution is 7.99. The lowest BCUT2D eigenvalue weighted by Crippen LogP contribution is -2.17. The number of benzene rings is 1. The standard InChI is InChI=1S/C25H28N4O6S2/c1-5-13-29-18(14-35-17-11-9-8-10-12-17)27-28-25(29)36-15-19(30)26-22-20(23(31)33-6-2)16(4)21(37-22)24(32)34-7-3/h5,8-12H,1,6-7,13-15H2,2-4H3,(H,26,30). The number of nitrogens with one attached hydrogen (secondary N) is 1. The summed E-state index contributed by atoms with van der Waals surface area (Å²) < 4.78 is 17.8. The first kappa shape index (κ1) is 27.9. The van der Waals surface area contributed by atoms with Gasteiger partial charge in [0.15, 0.2) is 11.0 Å². The number of hydrogen-bond donors (Lipinski definition) is 1. The molecule has 1 N–H and O–H groups in total. The minimum atomic E-state index is -0.622. The van der Waals surface area contributed by atoms with Crippen molar-refractivity contribution < 1.29 is 28.6 Å². The Bertz CT molecular complexity index is 1260. The Labute approximate surface area is 223 Å². The van der Waals surface area contributed by atoms with Crippen molar-refractivity contribution in [2.45, 2.75) is 39.1 Å². The lowest BCUT2D eigenvalue weighted by molar-refractivity contribution is -0.113. The highest BCUT2D eigenvalue weighted by Crippen LogP contribution is 2.34. The summed E-state index contributed by atoms with van der Waals surface area (Å²) in [5, 5.41) is 11.9. The zero-order chi connectivity index (χ0) is 26.8. The van der Waals surface area contributed by atoms with Crippen molar-refractivity contribution in [3.05, 3.63) is 64.8 Å². The molecule has 0 saturated carbocycles. The molecule has 12 heteroatoms. The summed E-state index contributed by atoms with van der Waals surface area (Å²) in [5.41, 5.74) is 0.544. The number of rotatable bonds is 13. The van der Waals surface area contributed by atoms with E-state index in [4.69, 9.17) is 14.2 Å². The van der Waals surface area contributed by atoms with Gasteiger partial charge in [0, 0.05) is 6.54 Å². The predicted molar refractivity (Wildman–Crippen MR) is 141 cm³/mol. The first-order chi connectivity index (χ1) is 17.9. The summed E-state index contributed by atoms with van der Waals surface area (Å²) in [7, 11) is 0. The SMILES string of the molecule is C=CCn1c(COc2ccccc2)nnc1SCC(=O)Nc1sc(C(=O)OCC)c(C)c1C(=O)OCC. The number of allylic oxidation sites excluding steroid dienone is 1. The Hall–Kier alpha value is -3.64. The fourth-order valence-electron chi connectivity index (χ4n) is 3.24. The molecule has 1 aromatic carbocycles. The summed E-state index contributed by atoms with van der Waals surface area (Å²) in [6, 6.07) is 9.35. The average molecular weight is 545 g/mol. The lowest BCUT2D eigenvalue weighted by Gasteiger charge is -2.09. The molecule has 0 saturated heterocycles. The second-order valence-corrected chi connectivity index (χ2v) is 9.40. The van der Waals surface area contributed by atoms with Crippen LogP contribution < -0.4 is 10.1 Å². The van der Waals surface area contributed by atoms with Gasteiger partial charge in [0.1, 0.15) is 22.2 Å². The molecule has 3 rings (SSSR count). The van der Waals surface area contributed by atoms with Crippen molar-refractivity contribution in [2.24, 2.45) is 0 Å². The van der Waals surface area contributed by atoms with Gasteiger partial charge in [-0.2, -0.15) is 0 Å². The Morgan fingerprint density at radius 3 is 2.49 bits per heavy atom. The molecule has 0 atom stereocenters. The maximum absolute atomic E-state index is 12.8. The molecule has 1 amide bonds. The zero-order valence-corrected chi connectivity index (χ0v) is 22.4. The number of hydrogen-bond acceptors (Lipinski definition) is 10. The molecule has 3 aromatic rings. The summed E-state index contributed by atoms with van der Waals surface area (Å²) in [6.07, 6.45) is 1.70. The van der Waals surface area contributed by atoms with E-state index in [-0.39, 0.29) is 46.9 Å². The third-order valence-electron chi connectivity index (χ3n) is 4.89. The minimum absolute atomic E-state index is 0.0111. The highest BCUT2D eigenvalue weighted by Gasteiger charge is 2.27. The molecular formula is C25H28N4O6S2. The van der Waals surface area contributed by atoms with Crippen molar-refractivity contribution in [3.8, 4) is 5.75 Å². The fraction of sp³-hybridized carbons (Fsp3) is 0.320. The molecule has 37 heavy (non-hydrogen) atoms. The van der Waals surface area contributed by atoms with Crippen molar-refractivity contribution in [1.82, 2.24) is 14.8 Å². The maximum Gasteiger partial charge on any atom is 0.348 e. The van der Waals surface area contributed by atoms with E-state index in [1.807, 2.05) is 34.9 Å². The van der Waals surface area contributed by atoms with E-state index in [9.17, 15) is 14.4 Å². The van der Waals surface area contributed by atoms with Crippen LogP contribution in [-0.2, 0) is 27.4 Å². The molecular weight excluding hydrogens is 516 g/mol. The number of esters is 2. The molecule has 2 heterocycles. The molecule has 0 bridgehead atoms. The van der Waals surface area contributed by atoms with Crippen LogP contribution in [0.3, 0.4) is 0 Å². The summed E-state index contributed by atoms with van der Waals surface area (Å²) >= 11 is 2.16. The van der Waals surface area contributed by atoms with Gasteiger partial charge in [0.25, 0.3) is 0 Å². The number of carbonyl (C=O) groups is 3. The average Bonchev–Trinajstić information content (AvgIpc) is 3.42. The third-order valence-corrected chi connectivity index (χ3v) is 7.04. The van der Waals surface area contributed by atoms with E-state index in [0.29, 0.717) is 28.8 Å². The first-order valence-corrected chi connectivity index (χ1v) is 13.3. The van der Waals surface area contributed by atoms with E-state index in [0.717, 1.165) is 11.3 Å². The molecule has 0 spiro atoms. The smallest absolute Gasteiger partial charge is 0.348 e. The number of thioether (sulfide) groups is 1. The van der Waals surface area contributed by atoms with Gasteiger partial charge in [0.05, 0.1) is 24.5 Å². The van der Waals surface area contributed by atoms with Crippen LogP contribution in [0.5, 0.6) is 5.75 Å². The predicted octanol–water partition coefficient (Wildman–Crippen LogP) is 4.50. The van der Waals surface area contributed by atoms with E-state index >= 15 is 0 Å². The second-order valence-electron chi connectivity index (χ2n) is 7.44. The molecule has 2 aromatic heterocycles. The number of ether oxygens (including phenoxy) is 3. The summed E-state index contributed by atoms with van der Waals surface area (Å²) in [6.45, 7) is 9.75. The number of para-hydroxylation sites is 1. The molecule has 196 valence electrons. The van der Waals surface area contributed by atoms with Gasteiger partial charge < -0.3 is 19.5 Å². The van der Waals surface area contributed by atoms with Gasteiger partial charge in [-0.1, -0.05) is 36.0 Å². The lowest BCUT2D eigenvalue weighted by atomic mass is 10.1. The monoisotopic (exact) mass is 544 g/mol. The third kappa shape index (κ3) is 7.20. The van der Waals surface area contributed by atoms with Gasteiger partial charge in [0.2, 0.25) is 5.91 Å². The van der Waals surface area contributed by atoms with Crippen LogP contribution in [0.15, 0.2) is 48.1 Å². The van der Waals surface area contributed by atoms with Crippen LogP contribution >= 0.6 is 23.1 Å². The minimum Gasteiger partial charge on any atom is -0.486 e. The number of amides is 1. The topological polar surface area (TPSA) is 122 Å². The number of anilines is 1. The molecule has 0 unspecified atom stereocenters. The molecule has 0 radical (unpaired) electrons. The number of thiophene rings is 1. The quantitative estimate of drug-likeness (QED) is 0.188. The van der Waals surface area contributed by atoms with Crippen molar-refractivity contribution in [3.63, 3.8) is 0 Å². The molecule has 0 aliphatic rings. The van der Waals surface area contributed by atoms with Gasteiger partial charge >= 0.3 is 11.9 Å². The van der Waals surface area contributed by atoms with Crippen LogP contribution in [0.1, 0.15) is 45.3 Å². The van der Waals surface area contributed by atoms with E-state index < -0.39 is 11.9 Å². The first-order valence-electron chi connectivity index (χ1n) is 11.5. The van der Waals surface area contributed by atoms with Crippen LogP contribution in [0.4, 0.5) is 5.00 Å². The summed E-state index contributed by atoms with van der Waals surface area (Å²) in [5.74, 6) is -0.290. The fourth-order valence-corrected chi connectivity index (χ4v) is 5.12. The van der Waals surface area contributed by atoms with Crippen LogP contribution in [-0.4, -0.2) is 51.6 Å². The molecule has 0 aliphatic carbocycles. The van der Waals surface area contributed by atoms with Gasteiger partial charge in [-0.25, -0.2) is 9.59 Å². The van der Waals surface area contributed by atoms with Crippen molar-refractivity contribution in [1.29, 1.82) is 0 Å². The van der Waals surface area contributed by atoms with Crippen LogP contribution in [0.25, 0.3) is 0 Å². The van der Waals surface area contributed by atoms with E-state index in [1.165, 1.54) is 11.8 Å². The number of aromatic nitrogens is 3. The van der Waals surface area contributed by atoms with Crippen LogP contribution in [0.2, 0.25) is 0 Å². The summed E-state index contributed by atoms with van der Waals surface area (Å²) in [4.78, 5) is 38.0. The zero-order valence-electron chi connectivity index (χ0n) is 20.8.